The molecule has 30 heavy (non-hydrogen) atoms. The maximum atomic E-state index is 13.1. The number of carbonyl (C=O) groups is 3. The predicted octanol–water partition coefficient (Wildman–Crippen LogP) is 3.53. The molecule has 7 heteroatoms. The predicted molar refractivity (Wildman–Crippen MR) is 118 cm³/mol. The largest absolute Gasteiger partial charge is 0.345 e. The number of hydrogen-bond acceptors (Lipinski definition) is 4. The highest BCUT2D eigenvalue weighted by atomic mass is 35.5. The van der Waals surface area contributed by atoms with Gasteiger partial charge in [-0.3, -0.25) is 14.4 Å². The molecule has 0 spiro atoms. The molecule has 0 bridgehead atoms. The Balaban J connectivity index is 0.00000256. The van der Waals surface area contributed by atoms with Crippen molar-refractivity contribution in [1.82, 2.24) is 5.32 Å². The van der Waals surface area contributed by atoms with Crippen LogP contribution in [0.5, 0.6) is 0 Å². The Morgan fingerprint density at radius 2 is 1.70 bits per heavy atom. The summed E-state index contributed by atoms with van der Waals surface area (Å²) in [5.74, 6) is -1.02. The first-order valence-corrected chi connectivity index (χ1v) is 9.98. The fourth-order valence-corrected chi connectivity index (χ4v) is 4.31. The van der Waals surface area contributed by atoms with Gasteiger partial charge in [-0.05, 0) is 62.1 Å². The van der Waals surface area contributed by atoms with Crippen LogP contribution in [0.3, 0.4) is 0 Å². The Kier molecular flexibility index (Phi) is 6.01. The van der Waals surface area contributed by atoms with E-state index in [9.17, 15) is 14.4 Å². The first-order valence-electron chi connectivity index (χ1n) is 9.98. The summed E-state index contributed by atoms with van der Waals surface area (Å²) in [7, 11) is 0. The van der Waals surface area contributed by atoms with Crippen molar-refractivity contribution in [1.29, 1.82) is 0 Å². The number of nitrogens with zero attached hydrogens (tertiary/aromatic N) is 1. The number of amides is 3. The van der Waals surface area contributed by atoms with Crippen LogP contribution in [0, 0.1) is 13.8 Å². The molecule has 1 aliphatic carbocycles. The van der Waals surface area contributed by atoms with Gasteiger partial charge < -0.3 is 11.1 Å². The first kappa shape index (κ1) is 22.0. The number of imide groups is 1. The molecule has 2 aromatic rings. The summed E-state index contributed by atoms with van der Waals surface area (Å²) in [6, 6.07) is 10.4. The summed E-state index contributed by atoms with van der Waals surface area (Å²) in [4.78, 5) is 40.0. The lowest BCUT2D eigenvalue weighted by Crippen LogP contribution is -2.51. The van der Waals surface area contributed by atoms with E-state index < -0.39 is 5.91 Å². The molecular weight excluding hydrogens is 402 g/mol. The summed E-state index contributed by atoms with van der Waals surface area (Å²) in [5, 5.41) is 3.06. The van der Waals surface area contributed by atoms with Crippen molar-refractivity contribution in [2.24, 2.45) is 5.73 Å². The molecule has 2 aliphatic rings. The van der Waals surface area contributed by atoms with Crippen LogP contribution in [0.1, 0.15) is 67.9 Å². The maximum Gasteiger partial charge on any atom is 0.266 e. The van der Waals surface area contributed by atoms with Crippen molar-refractivity contribution >= 4 is 35.8 Å². The van der Waals surface area contributed by atoms with Crippen LogP contribution in [-0.4, -0.2) is 29.8 Å². The number of benzene rings is 2. The standard InChI is InChI=1S/C23H25N3O3.ClH/c1-14-5-6-15(2)19(11-14)26-21(28)17-8-7-16(12-18(17)22(26)29)20(27)25-23(13-24)9-3-4-10-23;/h5-8,11-12H,3-4,9-10,13,24H2,1-2H3,(H,25,27);1H. The number of nitrogens with two attached hydrogens (primary N) is 1. The minimum Gasteiger partial charge on any atom is -0.345 e. The van der Waals surface area contributed by atoms with E-state index >= 15 is 0 Å². The molecule has 6 nitrogen and oxygen atoms in total. The number of fused-ring (bicyclic) bond motifs is 1. The van der Waals surface area contributed by atoms with Gasteiger partial charge in [-0.15, -0.1) is 12.4 Å². The van der Waals surface area contributed by atoms with Crippen LogP contribution in [0.2, 0.25) is 0 Å². The Hall–Kier alpha value is -2.70. The number of nitrogens with one attached hydrogen (secondary N) is 1. The van der Waals surface area contributed by atoms with Crippen LogP contribution in [0.15, 0.2) is 36.4 Å². The molecule has 1 saturated carbocycles. The van der Waals surface area contributed by atoms with Crippen LogP contribution in [0.4, 0.5) is 5.69 Å². The van der Waals surface area contributed by atoms with E-state index in [0.29, 0.717) is 23.4 Å². The van der Waals surface area contributed by atoms with Gasteiger partial charge in [-0.2, -0.15) is 0 Å². The quantitative estimate of drug-likeness (QED) is 0.730. The maximum absolute atomic E-state index is 13.1. The van der Waals surface area contributed by atoms with Crippen molar-refractivity contribution in [2.75, 3.05) is 11.4 Å². The minimum atomic E-state index is -0.400. The summed E-state index contributed by atoms with van der Waals surface area (Å²) < 4.78 is 0. The Bertz CT molecular complexity index is 1030. The van der Waals surface area contributed by atoms with E-state index in [1.54, 1.807) is 12.1 Å². The third-order valence-electron chi connectivity index (χ3n) is 6.08. The molecule has 0 radical (unpaired) electrons. The zero-order chi connectivity index (χ0) is 20.8. The Morgan fingerprint density at radius 1 is 1.03 bits per heavy atom. The van der Waals surface area contributed by atoms with Crippen molar-refractivity contribution in [3.8, 4) is 0 Å². The Labute approximate surface area is 182 Å². The highest BCUT2D eigenvalue weighted by Crippen LogP contribution is 2.32. The van der Waals surface area contributed by atoms with Crippen molar-refractivity contribution < 1.29 is 14.4 Å². The minimum absolute atomic E-state index is 0. The molecule has 3 amide bonds. The van der Waals surface area contributed by atoms with Gasteiger partial charge in [0.05, 0.1) is 22.4 Å². The second-order valence-electron chi connectivity index (χ2n) is 8.14. The fraction of sp³-hybridized carbons (Fsp3) is 0.348. The Morgan fingerprint density at radius 3 is 2.37 bits per heavy atom. The van der Waals surface area contributed by atoms with E-state index in [4.69, 9.17) is 5.73 Å². The third-order valence-corrected chi connectivity index (χ3v) is 6.08. The molecule has 0 aromatic heterocycles. The van der Waals surface area contributed by atoms with E-state index in [-0.39, 0.29) is 35.3 Å². The lowest BCUT2D eigenvalue weighted by molar-refractivity contribution is 0.0899. The molecule has 0 saturated heterocycles. The molecule has 2 aromatic carbocycles. The number of anilines is 1. The molecular formula is C23H26ClN3O3. The van der Waals surface area contributed by atoms with Crippen molar-refractivity contribution in [3.63, 3.8) is 0 Å². The number of carbonyl (C=O) groups excluding carboxylic acids is 3. The average Bonchev–Trinajstić information content (AvgIpc) is 3.27. The molecule has 1 fully saturated rings. The molecule has 4 rings (SSSR count). The summed E-state index contributed by atoms with van der Waals surface area (Å²) in [5.41, 5.74) is 8.87. The molecule has 0 unspecified atom stereocenters. The second-order valence-corrected chi connectivity index (χ2v) is 8.14. The van der Waals surface area contributed by atoms with Gasteiger partial charge >= 0.3 is 0 Å². The number of aryl methyl sites for hydroxylation is 2. The van der Waals surface area contributed by atoms with Gasteiger partial charge in [-0.25, -0.2) is 4.90 Å². The van der Waals surface area contributed by atoms with Gasteiger partial charge in [0.25, 0.3) is 17.7 Å². The van der Waals surface area contributed by atoms with Gasteiger partial charge in [0.15, 0.2) is 0 Å². The SMILES string of the molecule is Cc1ccc(C)c(N2C(=O)c3ccc(C(=O)NC4(CN)CCCC4)cc3C2=O)c1.Cl. The first-order chi connectivity index (χ1) is 13.8. The monoisotopic (exact) mass is 427 g/mol. The van der Waals surface area contributed by atoms with Gasteiger partial charge in [-0.1, -0.05) is 25.0 Å². The normalized spacial score (nSPS) is 17.0. The lowest BCUT2D eigenvalue weighted by atomic mass is 9.96. The van der Waals surface area contributed by atoms with Gasteiger partial charge in [0, 0.05) is 12.1 Å². The van der Waals surface area contributed by atoms with Crippen LogP contribution < -0.4 is 16.0 Å². The zero-order valence-corrected chi connectivity index (χ0v) is 18.0. The second kappa shape index (κ2) is 8.20. The van der Waals surface area contributed by atoms with E-state index in [1.807, 2.05) is 32.0 Å². The third kappa shape index (κ3) is 3.61. The number of halogens is 1. The summed E-state index contributed by atoms with van der Waals surface area (Å²) >= 11 is 0. The average molecular weight is 428 g/mol. The van der Waals surface area contributed by atoms with Crippen LogP contribution in [0.25, 0.3) is 0 Å². The smallest absolute Gasteiger partial charge is 0.266 e. The molecule has 3 N–H and O–H groups in total. The van der Waals surface area contributed by atoms with Gasteiger partial charge in [0.2, 0.25) is 0 Å². The topological polar surface area (TPSA) is 92.5 Å². The number of hydrogen-bond donors (Lipinski definition) is 2. The number of rotatable bonds is 4. The summed E-state index contributed by atoms with van der Waals surface area (Å²) in [6.45, 7) is 4.17. The van der Waals surface area contributed by atoms with Crippen molar-refractivity contribution in [3.05, 3.63) is 64.2 Å². The van der Waals surface area contributed by atoms with E-state index in [2.05, 4.69) is 5.32 Å². The van der Waals surface area contributed by atoms with E-state index in [1.165, 1.54) is 11.0 Å². The van der Waals surface area contributed by atoms with Gasteiger partial charge in [0.1, 0.15) is 0 Å². The van der Waals surface area contributed by atoms with Crippen LogP contribution >= 0.6 is 12.4 Å². The molecule has 0 atom stereocenters. The summed E-state index contributed by atoms with van der Waals surface area (Å²) in [6.07, 6.45) is 3.80. The highest BCUT2D eigenvalue weighted by Gasteiger charge is 2.39. The van der Waals surface area contributed by atoms with Crippen LogP contribution in [-0.2, 0) is 0 Å². The highest BCUT2D eigenvalue weighted by molar-refractivity contribution is 6.35. The lowest BCUT2D eigenvalue weighted by Gasteiger charge is -2.28. The van der Waals surface area contributed by atoms with E-state index in [0.717, 1.165) is 36.8 Å². The molecule has 1 aliphatic heterocycles. The molecule has 1 heterocycles. The molecule has 158 valence electrons. The zero-order valence-electron chi connectivity index (χ0n) is 17.2. The van der Waals surface area contributed by atoms with Crippen molar-refractivity contribution in [2.45, 2.75) is 45.1 Å². The fourth-order valence-electron chi connectivity index (χ4n) is 4.31.